The highest BCUT2D eigenvalue weighted by Gasteiger charge is 2.27. The number of rotatable bonds is 5. The lowest BCUT2D eigenvalue weighted by Gasteiger charge is -2.22. The number of sulfonamides is 1. The van der Waals surface area contributed by atoms with Crippen molar-refractivity contribution in [3.63, 3.8) is 0 Å². The molecular weight excluding hydrogens is 337 g/mol. The standard InChI is InChI=1S/C13H13ClFNO3S2/c1-13(17,9-4-5-20-7-9)8-16-21(18,19)12-6-10(15)2-3-11(12)14/h2-7,16-17H,8H2,1H3. The van der Waals surface area contributed by atoms with E-state index in [-0.39, 0.29) is 16.5 Å². The Balaban J connectivity index is 2.21. The summed E-state index contributed by atoms with van der Waals surface area (Å²) in [7, 11) is -4.02. The fraction of sp³-hybridized carbons (Fsp3) is 0.231. The quantitative estimate of drug-likeness (QED) is 0.872. The highest BCUT2D eigenvalue weighted by molar-refractivity contribution is 7.89. The highest BCUT2D eigenvalue weighted by atomic mass is 35.5. The van der Waals surface area contributed by atoms with Crippen molar-refractivity contribution in [2.45, 2.75) is 17.4 Å². The third kappa shape index (κ3) is 3.81. The summed E-state index contributed by atoms with van der Waals surface area (Å²) >= 11 is 7.18. The minimum atomic E-state index is -4.02. The van der Waals surface area contributed by atoms with Crippen LogP contribution in [0.3, 0.4) is 0 Å². The van der Waals surface area contributed by atoms with Crippen LogP contribution < -0.4 is 4.72 Å². The Labute approximate surface area is 131 Å². The monoisotopic (exact) mass is 349 g/mol. The molecule has 2 rings (SSSR count). The Morgan fingerprint density at radius 3 is 2.76 bits per heavy atom. The highest BCUT2D eigenvalue weighted by Crippen LogP contribution is 2.25. The van der Waals surface area contributed by atoms with Crippen LogP contribution in [0, 0.1) is 5.82 Å². The normalized spacial score (nSPS) is 14.9. The lowest BCUT2D eigenvalue weighted by Crippen LogP contribution is -2.38. The summed E-state index contributed by atoms with van der Waals surface area (Å²) in [5.74, 6) is -0.704. The Bertz CT molecular complexity index is 730. The van der Waals surface area contributed by atoms with Crippen molar-refractivity contribution in [1.29, 1.82) is 0 Å². The van der Waals surface area contributed by atoms with Crippen molar-refractivity contribution in [3.05, 3.63) is 51.4 Å². The van der Waals surface area contributed by atoms with Gasteiger partial charge in [0.05, 0.1) is 5.02 Å². The Hall–Kier alpha value is -0.990. The van der Waals surface area contributed by atoms with E-state index >= 15 is 0 Å². The number of hydrogen-bond acceptors (Lipinski definition) is 4. The number of hydrogen-bond donors (Lipinski definition) is 2. The molecule has 0 saturated carbocycles. The third-order valence-corrected chi connectivity index (χ3v) is 5.50. The first-order chi connectivity index (χ1) is 9.72. The predicted octanol–water partition coefficient (Wildman–Crippen LogP) is 2.73. The summed E-state index contributed by atoms with van der Waals surface area (Å²) in [6.07, 6.45) is 0. The first kappa shape index (κ1) is 16.4. The Morgan fingerprint density at radius 2 is 2.14 bits per heavy atom. The van der Waals surface area contributed by atoms with Gasteiger partial charge in [0.15, 0.2) is 0 Å². The van der Waals surface area contributed by atoms with Gasteiger partial charge in [0.1, 0.15) is 16.3 Å². The molecule has 4 nitrogen and oxygen atoms in total. The van der Waals surface area contributed by atoms with Crippen LogP contribution in [0.15, 0.2) is 39.9 Å². The molecular formula is C13H13ClFNO3S2. The number of benzene rings is 1. The van der Waals surface area contributed by atoms with Crippen LogP contribution >= 0.6 is 22.9 Å². The van der Waals surface area contributed by atoms with Gasteiger partial charge in [-0.3, -0.25) is 0 Å². The van der Waals surface area contributed by atoms with Crippen LogP contribution in [0.5, 0.6) is 0 Å². The second-order valence-corrected chi connectivity index (χ2v) is 7.61. The topological polar surface area (TPSA) is 66.4 Å². The summed E-state index contributed by atoms with van der Waals surface area (Å²) < 4.78 is 39.7. The van der Waals surface area contributed by atoms with Crippen molar-refractivity contribution >= 4 is 33.0 Å². The zero-order valence-electron chi connectivity index (χ0n) is 11.0. The first-order valence-corrected chi connectivity index (χ1v) is 8.72. The molecule has 0 amide bonds. The molecule has 2 N–H and O–H groups in total. The van der Waals surface area contributed by atoms with Gasteiger partial charge < -0.3 is 5.11 Å². The Kier molecular flexibility index (Phi) is 4.69. The molecule has 0 spiro atoms. The number of aliphatic hydroxyl groups is 1. The van der Waals surface area contributed by atoms with Crippen molar-refractivity contribution in [2.75, 3.05) is 6.54 Å². The smallest absolute Gasteiger partial charge is 0.242 e. The second kappa shape index (κ2) is 6.02. The van der Waals surface area contributed by atoms with Crippen LogP contribution in [-0.2, 0) is 15.6 Å². The van der Waals surface area contributed by atoms with Crippen LogP contribution in [0.2, 0.25) is 5.02 Å². The molecule has 1 atom stereocenters. The summed E-state index contributed by atoms with van der Waals surface area (Å²) in [4.78, 5) is -0.356. The summed E-state index contributed by atoms with van der Waals surface area (Å²) in [5.41, 5.74) is -0.770. The molecule has 1 aromatic heterocycles. The van der Waals surface area contributed by atoms with E-state index in [0.717, 1.165) is 12.1 Å². The van der Waals surface area contributed by atoms with E-state index in [1.807, 2.05) is 0 Å². The van der Waals surface area contributed by atoms with Crippen molar-refractivity contribution in [2.24, 2.45) is 0 Å². The molecule has 0 radical (unpaired) electrons. The van der Waals surface area contributed by atoms with Gasteiger partial charge in [-0.15, -0.1) is 0 Å². The van der Waals surface area contributed by atoms with E-state index in [2.05, 4.69) is 4.72 Å². The minimum Gasteiger partial charge on any atom is -0.384 e. The van der Waals surface area contributed by atoms with E-state index in [1.54, 1.807) is 16.8 Å². The largest absolute Gasteiger partial charge is 0.384 e. The molecule has 0 saturated heterocycles. The molecule has 8 heteroatoms. The molecule has 1 unspecified atom stereocenters. The van der Waals surface area contributed by atoms with Gasteiger partial charge in [0, 0.05) is 6.54 Å². The summed E-state index contributed by atoms with van der Waals surface area (Å²) in [6, 6.07) is 4.78. The molecule has 114 valence electrons. The zero-order valence-corrected chi connectivity index (χ0v) is 13.4. The van der Waals surface area contributed by atoms with Crippen LogP contribution in [0.4, 0.5) is 4.39 Å². The maximum Gasteiger partial charge on any atom is 0.242 e. The lowest BCUT2D eigenvalue weighted by molar-refractivity contribution is 0.0632. The molecule has 2 aromatic rings. The van der Waals surface area contributed by atoms with Crippen LogP contribution in [0.25, 0.3) is 0 Å². The third-order valence-electron chi connectivity index (χ3n) is 2.93. The van der Waals surface area contributed by atoms with Gasteiger partial charge in [0.2, 0.25) is 10.0 Å². The average molecular weight is 350 g/mol. The molecule has 1 heterocycles. The SMILES string of the molecule is CC(O)(CNS(=O)(=O)c1cc(F)ccc1Cl)c1ccsc1. The Morgan fingerprint density at radius 1 is 1.43 bits per heavy atom. The van der Waals surface area contributed by atoms with E-state index in [0.29, 0.717) is 5.56 Å². The van der Waals surface area contributed by atoms with E-state index in [1.165, 1.54) is 24.3 Å². The predicted molar refractivity (Wildman–Crippen MR) is 80.5 cm³/mol. The fourth-order valence-corrected chi connectivity index (χ4v) is 4.09. The van der Waals surface area contributed by atoms with E-state index < -0.39 is 21.4 Å². The molecule has 0 aliphatic heterocycles. The lowest BCUT2D eigenvalue weighted by atomic mass is 10.0. The molecule has 1 aromatic carbocycles. The number of thiophene rings is 1. The van der Waals surface area contributed by atoms with Gasteiger partial charge in [-0.1, -0.05) is 11.6 Å². The number of nitrogens with one attached hydrogen (secondary N) is 1. The van der Waals surface area contributed by atoms with Crippen LogP contribution in [0.1, 0.15) is 12.5 Å². The molecule has 21 heavy (non-hydrogen) atoms. The van der Waals surface area contributed by atoms with Crippen molar-refractivity contribution in [1.82, 2.24) is 4.72 Å². The van der Waals surface area contributed by atoms with Gasteiger partial charge >= 0.3 is 0 Å². The first-order valence-electron chi connectivity index (χ1n) is 5.92. The van der Waals surface area contributed by atoms with E-state index in [4.69, 9.17) is 11.6 Å². The van der Waals surface area contributed by atoms with Crippen LogP contribution in [-0.4, -0.2) is 20.1 Å². The summed E-state index contributed by atoms with van der Waals surface area (Å²) in [6.45, 7) is 1.24. The van der Waals surface area contributed by atoms with Gasteiger partial charge in [-0.2, -0.15) is 11.3 Å². The van der Waals surface area contributed by atoms with Gasteiger partial charge in [-0.25, -0.2) is 17.5 Å². The maximum absolute atomic E-state index is 13.2. The molecule has 0 aliphatic rings. The molecule has 0 bridgehead atoms. The zero-order chi connectivity index (χ0) is 15.7. The fourth-order valence-electron chi connectivity index (χ4n) is 1.67. The van der Waals surface area contributed by atoms with Crippen molar-refractivity contribution < 1.29 is 17.9 Å². The maximum atomic E-state index is 13.2. The molecule has 0 fully saturated rings. The van der Waals surface area contributed by atoms with Crippen molar-refractivity contribution in [3.8, 4) is 0 Å². The van der Waals surface area contributed by atoms with E-state index in [9.17, 15) is 17.9 Å². The second-order valence-electron chi connectivity index (χ2n) is 4.69. The number of halogens is 2. The molecule has 0 aliphatic carbocycles. The van der Waals surface area contributed by atoms with Gasteiger partial charge in [0.25, 0.3) is 0 Å². The minimum absolute atomic E-state index is 0.0842. The average Bonchev–Trinajstić information content (AvgIpc) is 2.94. The van der Waals surface area contributed by atoms with Gasteiger partial charge in [-0.05, 0) is 47.5 Å². The summed E-state index contributed by atoms with van der Waals surface area (Å²) in [5, 5.41) is 13.7.